The molecule has 3 aromatic rings. The summed E-state index contributed by atoms with van der Waals surface area (Å²) in [6, 6.07) is 6.61. The summed E-state index contributed by atoms with van der Waals surface area (Å²) in [5, 5.41) is 39.7. The van der Waals surface area contributed by atoms with E-state index >= 15 is 0 Å². The van der Waals surface area contributed by atoms with Crippen LogP contribution in [-0.2, 0) is 17.8 Å². The van der Waals surface area contributed by atoms with E-state index in [1.807, 2.05) is 6.07 Å². The van der Waals surface area contributed by atoms with Crippen LogP contribution < -0.4 is 16.8 Å². The number of pyridine rings is 2. The predicted octanol–water partition coefficient (Wildman–Crippen LogP) is -0.258. The van der Waals surface area contributed by atoms with Crippen molar-refractivity contribution in [1.82, 2.24) is 35.5 Å². The number of carbonyl (C=O) groups is 3. The quantitative estimate of drug-likeness (QED) is 0.264. The van der Waals surface area contributed by atoms with Gasteiger partial charge in [0.2, 0.25) is 0 Å². The Hall–Kier alpha value is -5.13. The topological polar surface area (TPSA) is 249 Å². The van der Waals surface area contributed by atoms with Crippen molar-refractivity contribution >= 4 is 29.2 Å². The Morgan fingerprint density at radius 3 is 2.20 bits per heavy atom. The van der Waals surface area contributed by atoms with Gasteiger partial charge in [0, 0.05) is 6.42 Å². The lowest BCUT2D eigenvalue weighted by molar-refractivity contribution is -0.139. The predicted molar refractivity (Wildman–Crippen MR) is 120 cm³/mol. The zero-order chi connectivity index (χ0) is 25.8. The van der Waals surface area contributed by atoms with Gasteiger partial charge >= 0.3 is 11.9 Å². The van der Waals surface area contributed by atoms with E-state index in [1.54, 1.807) is 0 Å². The smallest absolute Gasteiger partial charge is 0.354 e. The molecule has 0 bridgehead atoms. The number of nitrogens with two attached hydrogens (primary N) is 2. The number of aromatic carboxylic acids is 1. The number of nitriles is 1. The Morgan fingerprint density at radius 1 is 1.06 bits per heavy atom. The highest BCUT2D eigenvalue weighted by molar-refractivity contribution is 5.95. The zero-order valence-corrected chi connectivity index (χ0v) is 18.3. The van der Waals surface area contributed by atoms with Crippen LogP contribution in [0.25, 0.3) is 0 Å². The molecular weight excluding hydrogens is 460 g/mol. The summed E-state index contributed by atoms with van der Waals surface area (Å²) in [5.74, 6) is -2.39. The van der Waals surface area contributed by atoms with Crippen molar-refractivity contribution < 1.29 is 24.6 Å². The number of carbonyl (C=O) groups excluding carboxylic acids is 1. The third-order valence-electron chi connectivity index (χ3n) is 4.33. The molecule has 3 rings (SSSR count). The number of anilines is 2. The zero-order valence-electron chi connectivity index (χ0n) is 18.3. The summed E-state index contributed by atoms with van der Waals surface area (Å²) in [7, 11) is 0. The maximum Gasteiger partial charge on any atom is 0.354 e. The molecule has 182 valence electrons. The lowest BCUT2D eigenvalue weighted by Gasteiger charge is -2.14. The van der Waals surface area contributed by atoms with E-state index in [0.717, 1.165) is 0 Å². The van der Waals surface area contributed by atoms with Gasteiger partial charge in [0.05, 0.1) is 42.8 Å². The number of hydrogen-bond donors (Lipinski definition) is 5. The summed E-state index contributed by atoms with van der Waals surface area (Å²) in [6.07, 6.45) is 3.17. The van der Waals surface area contributed by atoms with E-state index in [9.17, 15) is 19.5 Å². The van der Waals surface area contributed by atoms with Crippen LogP contribution in [0.15, 0.2) is 36.7 Å². The van der Waals surface area contributed by atoms with Crippen LogP contribution in [0.3, 0.4) is 0 Å². The van der Waals surface area contributed by atoms with E-state index in [1.165, 1.54) is 41.3 Å². The SMILES string of the molecule is N#CCCn1nnnc1CCC(NC(=O)c1ccc(N)cn1)C(=O)O.Nc1ccc(C(=O)O)nc1. The second-order valence-corrected chi connectivity index (χ2v) is 6.89. The Bertz CT molecular complexity index is 1190. The molecule has 1 amide bonds. The Balaban J connectivity index is 0.000000360. The minimum absolute atomic E-state index is 0.00852. The van der Waals surface area contributed by atoms with Crippen LogP contribution in [-0.4, -0.2) is 64.3 Å². The summed E-state index contributed by atoms with van der Waals surface area (Å²) in [5.41, 5.74) is 11.7. The number of nitrogens with one attached hydrogen (secondary N) is 1. The van der Waals surface area contributed by atoms with Crippen LogP contribution in [0.1, 0.15) is 39.6 Å². The fraction of sp³-hybridized carbons (Fsp3) is 0.250. The molecule has 3 heterocycles. The average Bonchev–Trinajstić information content (AvgIpc) is 3.28. The van der Waals surface area contributed by atoms with E-state index in [4.69, 9.17) is 21.8 Å². The first kappa shape index (κ1) is 26.1. The molecule has 0 fully saturated rings. The van der Waals surface area contributed by atoms with Gasteiger partial charge in [-0.3, -0.25) is 4.79 Å². The van der Waals surface area contributed by atoms with Gasteiger partial charge in [0.1, 0.15) is 17.4 Å². The van der Waals surface area contributed by atoms with Crippen molar-refractivity contribution in [3.05, 3.63) is 53.9 Å². The molecule has 7 N–H and O–H groups in total. The number of carboxylic acids is 2. The van der Waals surface area contributed by atoms with Crippen LogP contribution in [0.5, 0.6) is 0 Å². The number of nitrogen functional groups attached to an aromatic ring is 2. The Kier molecular flexibility index (Phi) is 9.55. The van der Waals surface area contributed by atoms with Gasteiger partial charge in [0.25, 0.3) is 5.91 Å². The lowest BCUT2D eigenvalue weighted by Crippen LogP contribution is -2.41. The van der Waals surface area contributed by atoms with E-state index in [-0.39, 0.29) is 30.7 Å². The summed E-state index contributed by atoms with van der Waals surface area (Å²) >= 11 is 0. The standard InChI is InChI=1S/C14H16N8O3.C6H6N2O2/c15-6-1-7-22-12(19-20-21-22)5-4-11(14(24)25)18-13(23)10-3-2-9(16)8-17-10;7-4-1-2-5(6(9)10)8-3-4/h2-3,8,11H,1,4-5,7,16H2,(H,18,23)(H,24,25);1-3H,7H2,(H,9,10). The molecule has 0 aromatic carbocycles. The fourth-order valence-electron chi connectivity index (χ4n) is 2.57. The van der Waals surface area contributed by atoms with Gasteiger partial charge in [-0.05, 0) is 41.1 Å². The maximum absolute atomic E-state index is 12.1. The number of amides is 1. The first-order chi connectivity index (χ1) is 16.7. The second-order valence-electron chi connectivity index (χ2n) is 6.89. The number of hydrogen-bond acceptors (Lipinski definition) is 11. The molecule has 3 aromatic heterocycles. The van der Waals surface area contributed by atoms with E-state index in [0.29, 0.717) is 23.7 Å². The molecule has 15 heteroatoms. The Labute approximate surface area is 198 Å². The van der Waals surface area contributed by atoms with Crippen molar-refractivity contribution in [2.75, 3.05) is 11.5 Å². The number of nitrogens with zero attached hydrogens (tertiary/aromatic N) is 7. The van der Waals surface area contributed by atoms with Crippen molar-refractivity contribution in [2.45, 2.75) is 31.8 Å². The van der Waals surface area contributed by atoms with Gasteiger partial charge < -0.3 is 27.0 Å². The molecule has 0 saturated carbocycles. The number of tetrazole rings is 1. The minimum Gasteiger partial charge on any atom is -0.480 e. The molecule has 35 heavy (non-hydrogen) atoms. The van der Waals surface area contributed by atoms with E-state index < -0.39 is 23.9 Å². The van der Waals surface area contributed by atoms with Crippen LogP contribution in [0, 0.1) is 11.3 Å². The molecule has 0 aliphatic rings. The second kappa shape index (κ2) is 12.8. The summed E-state index contributed by atoms with van der Waals surface area (Å²) < 4.78 is 1.44. The molecule has 0 aliphatic heterocycles. The Morgan fingerprint density at radius 2 is 1.69 bits per heavy atom. The van der Waals surface area contributed by atoms with Crippen LogP contribution in [0.2, 0.25) is 0 Å². The van der Waals surface area contributed by atoms with Crippen LogP contribution in [0.4, 0.5) is 11.4 Å². The normalized spacial score (nSPS) is 10.8. The summed E-state index contributed by atoms with van der Waals surface area (Å²) in [6.45, 7) is 0.318. The van der Waals surface area contributed by atoms with Gasteiger partial charge in [-0.1, -0.05) is 0 Å². The van der Waals surface area contributed by atoms with E-state index in [2.05, 4.69) is 30.8 Å². The van der Waals surface area contributed by atoms with Gasteiger partial charge in [0.15, 0.2) is 5.82 Å². The number of aliphatic carboxylic acids is 1. The van der Waals surface area contributed by atoms with Gasteiger partial charge in [-0.25, -0.2) is 24.2 Å². The monoisotopic (exact) mass is 482 g/mol. The van der Waals surface area contributed by atoms with Crippen molar-refractivity contribution in [2.24, 2.45) is 0 Å². The molecule has 15 nitrogen and oxygen atoms in total. The number of carboxylic acid groups (broad SMARTS) is 2. The first-order valence-corrected chi connectivity index (χ1v) is 10.0. The highest BCUT2D eigenvalue weighted by atomic mass is 16.4. The number of rotatable bonds is 9. The molecule has 0 radical (unpaired) electrons. The van der Waals surface area contributed by atoms with Crippen molar-refractivity contribution in [3.8, 4) is 6.07 Å². The van der Waals surface area contributed by atoms with Gasteiger partial charge in [-0.15, -0.1) is 5.10 Å². The molecular formula is C20H22N10O5. The first-order valence-electron chi connectivity index (χ1n) is 10.0. The third-order valence-corrected chi connectivity index (χ3v) is 4.33. The minimum atomic E-state index is -1.18. The lowest BCUT2D eigenvalue weighted by atomic mass is 10.1. The van der Waals surface area contributed by atoms with Gasteiger partial charge in [-0.2, -0.15) is 5.26 Å². The fourth-order valence-corrected chi connectivity index (χ4v) is 2.57. The molecule has 0 spiro atoms. The highest BCUT2D eigenvalue weighted by Crippen LogP contribution is 2.06. The molecule has 1 atom stereocenters. The number of aryl methyl sites for hydroxylation is 2. The molecule has 0 saturated heterocycles. The molecule has 1 unspecified atom stereocenters. The summed E-state index contributed by atoms with van der Waals surface area (Å²) in [4.78, 5) is 41.1. The largest absolute Gasteiger partial charge is 0.480 e. The molecule has 0 aliphatic carbocycles. The maximum atomic E-state index is 12.1. The third kappa shape index (κ3) is 8.38. The van der Waals surface area contributed by atoms with Crippen molar-refractivity contribution in [3.63, 3.8) is 0 Å². The average molecular weight is 482 g/mol. The van der Waals surface area contributed by atoms with Crippen LogP contribution >= 0.6 is 0 Å². The number of aromatic nitrogens is 6. The van der Waals surface area contributed by atoms with Crippen molar-refractivity contribution in [1.29, 1.82) is 5.26 Å². The highest BCUT2D eigenvalue weighted by Gasteiger charge is 2.22.